The Bertz CT molecular complexity index is 296. The molecule has 0 fully saturated rings. The lowest BCUT2D eigenvalue weighted by molar-refractivity contribution is 0.647. The third-order valence-corrected chi connectivity index (χ3v) is 2.10. The minimum atomic E-state index is 1.04. The van der Waals surface area contributed by atoms with Crippen molar-refractivity contribution in [3.05, 3.63) is 18.2 Å². The molecule has 0 radical (unpaired) electrons. The van der Waals surface area contributed by atoms with Crippen LogP contribution in [0.4, 0.5) is 5.69 Å². The lowest BCUT2D eigenvalue weighted by Gasteiger charge is -2.16. The molecule has 2 heteroatoms. The number of anilines is 1. The van der Waals surface area contributed by atoms with E-state index in [1.807, 2.05) is 12.1 Å². The van der Waals surface area contributed by atoms with Crippen molar-refractivity contribution in [1.29, 1.82) is 0 Å². The topological polar surface area (TPSA) is 15.8 Å². The molecular formula is C10H13NO. The summed E-state index contributed by atoms with van der Waals surface area (Å²) in [5.41, 5.74) is 1.22. The van der Waals surface area contributed by atoms with Gasteiger partial charge in [0.2, 0.25) is 0 Å². The lowest BCUT2D eigenvalue weighted by atomic mass is 10.3. The zero-order valence-electron chi connectivity index (χ0n) is 7.50. The summed E-state index contributed by atoms with van der Waals surface area (Å²) in [5, 5.41) is 0. The number of hydrogen-bond donors (Lipinski definition) is 0. The van der Waals surface area contributed by atoms with Gasteiger partial charge in [-0.3, -0.25) is 0 Å². The number of ether oxygens (including phenoxy) is 1. The Kier molecular flexibility index (Phi) is 1.68. The maximum Gasteiger partial charge on any atom is 0.193 e. The van der Waals surface area contributed by atoms with Gasteiger partial charge in [0.05, 0.1) is 5.69 Å². The van der Waals surface area contributed by atoms with Gasteiger partial charge in [-0.2, -0.15) is 0 Å². The van der Waals surface area contributed by atoms with E-state index < -0.39 is 0 Å². The van der Waals surface area contributed by atoms with E-state index in [9.17, 15) is 0 Å². The first-order valence-corrected chi connectivity index (χ1v) is 4.35. The Hall–Kier alpha value is -1.18. The van der Waals surface area contributed by atoms with Crippen LogP contribution in [-0.4, -0.2) is 13.6 Å². The third kappa shape index (κ3) is 1.13. The fourth-order valence-electron chi connectivity index (χ4n) is 1.43. The van der Waals surface area contributed by atoms with E-state index in [0.29, 0.717) is 0 Å². The van der Waals surface area contributed by atoms with Crippen LogP contribution in [0.15, 0.2) is 18.2 Å². The molecule has 2 nitrogen and oxygen atoms in total. The highest BCUT2D eigenvalue weighted by atomic mass is 16.6. The summed E-state index contributed by atoms with van der Waals surface area (Å²) in [6.07, 6.45) is 1.17. The molecule has 2 rings (SSSR count). The molecule has 1 aliphatic heterocycles. The number of nitrogens with zero attached hydrogens (tertiary/aromatic N) is 1. The third-order valence-electron chi connectivity index (χ3n) is 2.10. The summed E-state index contributed by atoms with van der Waals surface area (Å²) < 4.78 is 5.29. The average Bonchev–Trinajstić information content (AvgIpc) is 2.81. The number of fused-ring (bicyclic) bond motifs is 1. The van der Waals surface area contributed by atoms with Gasteiger partial charge in [-0.1, -0.05) is 13.0 Å². The molecule has 1 aromatic rings. The zero-order valence-corrected chi connectivity index (χ0v) is 7.50. The number of rotatable bonds is 3. The first kappa shape index (κ1) is 7.47. The molecule has 64 valence electrons. The summed E-state index contributed by atoms with van der Waals surface area (Å²) in [4.78, 5) is 2.23. The van der Waals surface area contributed by atoms with Gasteiger partial charge in [0.1, 0.15) is 0 Å². The standard InChI is InChI=1S/C10H13NO/c1-3-7-11(2)8-5-4-6-9-10(8)12-9/h4-6H,3,7H2,1-2H3. The molecule has 12 heavy (non-hydrogen) atoms. The van der Waals surface area contributed by atoms with Crippen LogP contribution < -0.4 is 9.64 Å². The van der Waals surface area contributed by atoms with Gasteiger partial charge < -0.3 is 9.64 Å². The molecule has 1 aliphatic rings. The van der Waals surface area contributed by atoms with Gasteiger partial charge in [0, 0.05) is 13.6 Å². The van der Waals surface area contributed by atoms with Crippen molar-refractivity contribution in [3.63, 3.8) is 0 Å². The van der Waals surface area contributed by atoms with Crippen molar-refractivity contribution in [2.45, 2.75) is 13.3 Å². The van der Waals surface area contributed by atoms with E-state index in [2.05, 4.69) is 24.9 Å². The minimum absolute atomic E-state index is 1.04. The predicted octanol–water partition coefficient (Wildman–Crippen LogP) is 2.64. The SMILES string of the molecule is CCCN(C)c1cccc2c1O2. The summed E-state index contributed by atoms with van der Waals surface area (Å²) in [6, 6.07) is 6.13. The molecule has 0 saturated carbocycles. The van der Waals surface area contributed by atoms with Crippen molar-refractivity contribution in [3.8, 4) is 11.5 Å². The molecule has 0 N–H and O–H groups in total. The monoisotopic (exact) mass is 163 g/mol. The highest BCUT2D eigenvalue weighted by Crippen LogP contribution is 2.51. The van der Waals surface area contributed by atoms with Gasteiger partial charge in [-0.15, -0.1) is 0 Å². The Morgan fingerprint density at radius 3 is 3.00 bits per heavy atom. The second-order valence-electron chi connectivity index (χ2n) is 3.13. The number of benzene rings is 1. The van der Waals surface area contributed by atoms with Gasteiger partial charge in [0.15, 0.2) is 11.5 Å². The van der Waals surface area contributed by atoms with Crippen LogP contribution in [0, 0.1) is 0 Å². The molecule has 1 heterocycles. The molecule has 0 aliphatic carbocycles. The van der Waals surface area contributed by atoms with Crippen LogP contribution in [0.1, 0.15) is 13.3 Å². The van der Waals surface area contributed by atoms with Crippen LogP contribution in [0.3, 0.4) is 0 Å². The van der Waals surface area contributed by atoms with Crippen LogP contribution >= 0.6 is 0 Å². The van der Waals surface area contributed by atoms with E-state index in [4.69, 9.17) is 4.74 Å². The minimum Gasteiger partial charge on any atom is -0.447 e. The highest BCUT2D eigenvalue weighted by Gasteiger charge is 2.25. The predicted molar refractivity (Wildman–Crippen MR) is 50.1 cm³/mol. The molecule has 0 amide bonds. The van der Waals surface area contributed by atoms with Crippen molar-refractivity contribution in [2.75, 3.05) is 18.5 Å². The van der Waals surface area contributed by atoms with Crippen LogP contribution in [0.5, 0.6) is 11.5 Å². The van der Waals surface area contributed by atoms with Crippen molar-refractivity contribution in [2.24, 2.45) is 0 Å². The van der Waals surface area contributed by atoms with Gasteiger partial charge in [0.25, 0.3) is 0 Å². The molecule has 0 unspecified atom stereocenters. The maximum atomic E-state index is 5.29. The lowest BCUT2D eigenvalue weighted by Crippen LogP contribution is -2.16. The molecule has 0 atom stereocenters. The van der Waals surface area contributed by atoms with Crippen molar-refractivity contribution >= 4 is 5.69 Å². The summed E-state index contributed by atoms with van der Waals surface area (Å²) in [5.74, 6) is 2.10. The number of para-hydroxylation sites is 1. The average molecular weight is 163 g/mol. The summed E-state index contributed by atoms with van der Waals surface area (Å²) in [7, 11) is 2.10. The molecule has 0 saturated heterocycles. The maximum absolute atomic E-state index is 5.29. The van der Waals surface area contributed by atoms with E-state index in [1.54, 1.807) is 0 Å². The Morgan fingerprint density at radius 2 is 2.25 bits per heavy atom. The van der Waals surface area contributed by atoms with E-state index in [1.165, 1.54) is 12.1 Å². The van der Waals surface area contributed by atoms with Crippen LogP contribution in [-0.2, 0) is 0 Å². The smallest absolute Gasteiger partial charge is 0.193 e. The fraction of sp³-hybridized carbons (Fsp3) is 0.400. The molecule has 1 aromatic carbocycles. The quantitative estimate of drug-likeness (QED) is 0.646. The van der Waals surface area contributed by atoms with E-state index in [0.717, 1.165) is 18.0 Å². The first-order valence-electron chi connectivity index (χ1n) is 4.35. The normalized spacial score (nSPS) is 11.8. The second kappa shape index (κ2) is 2.70. The van der Waals surface area contributed by atoms with Crippen LogP contribution in [0.25, 0.3) is 0 Å². The molecule has 0 aromatic heterocycles. The summed E-state index contributed by atoms with van der Waals surface area (Å²) >= 11 is 0. The number of hydrogen-bond acceptors (Lipinski definition) is 2. The van der Waals surface area contributed by atoms with E-state index in [-0.39, 0.29) is 0 Å². The largest absolute Gasteiger partial charge is 0.447 e. The molecule has 0 spiro atoms. The molecule has 0 bridgehead atoms. The Balaban J connectivity index is 2.19. The highest BCUT2D eigenvalue weighted by molar-refractivity contribution is 5.72. The zero-order chi connectivity index (χ0) is 8.55. The molecular weight excluding hydrogens is 150 g/mol. The Morgan fingerprint density at radius 1 is 1.42 bits per heavy atom. The first-order chi connectivity index (χ1) is 5.83. The Labute approximate surface area is 72.8 Å². The van der Waals surface area contributed by atoms with Crippen molar-refractivity contribution in [1.82, 2.24) is 0 Å². The summed E-state index contributed by atoms with van der Waals surface area (Å²) in [6.45, 7) is 3.26. The fourth-order valence-corrected chi connectivity index (χ4v) is 1.43. The van der Waals surface area contributed by atoms with Crippen LogP contribution in [0.2, 0.25) is 0 Å². The van der Waals surface area contributed by atoms with Crippen molar-refractivity contribution < 1.29 is 4.74 Å². The van der Waals surface area contributed by atoms with Gasteiger partial charge >= 0.3 is 0 Å². The second-order valence-corrected chi connectivity index (χ2v) is 3.13. The van der Waals surface area contributed by atoms with Gasteiger partial charge in [-0.25, -0.2) is 0 Å². The van der Waals surface area contributed by atoms with E-state index >= 15 is 0 Å². The van der Waals surface area contributed by atoms with Gasteiger partial charge in [-0.05, 0) is 18.6 Å².